The molecule has 1 aliphatic rings. The first kappa shape index (κ1) is 16.2. The van der Waals surface area contributed by atoms with Crippen LogP contribution in [-0.2, 0) is 15.0 Å². The van der Waals surface area contributed by atoms with Crippen molar-refractivity contribution in [1.82, 2.24) is 0 Å². The Labute approximate surface area is 150 Å². The minimum absolute atomic E-state index is 0.0389. The van der Waals surface area contributed by atoms with Crippen LogP contribution < -0.4 is 4.90 Å². The summed E-state index contributed by atoms with van der Waals surface area (Å²) in [6.07, 6.45) is 0.0389. The van der Waals surface area contributed by atoms with Gasteiger partial charge in [0.05, 0.1) is 12.1 Å². The van der Waals surface area contributed by atoms with Gasteiger partial charge in [-0.3, -0.25) is 9.59 Å². The molecule has 4 rings (SSSR count). The molecule has 26 heavy (non-hydrogen) atoms. The number of nitrogens with zero attached hydrogens (tertiary/aromatic N) is 1. The Balaban J connectivity index is 1.89. The van der Waals surface area contributed by atoms with Gasteiger partial charge in [-0.05, 0) is 35.4 Å². The molecule has 0 aliphatic carbocycles. The molecule has 1 saturated heterocycles. The van der Waals surface area contributed by atoms with E-state index < -0.39 is 11.2 Å². The molecule has 0 saturated carbocycles. The van der Waals surface area contributed by atoms with Gasteiger partial charge in [0.1, 0.15) is 11.2 Å². The zero-order chi connectivity index (χ0) is 18.1. The molecule has 0 spiro atoms. The van der Waals surface area contributed by atoms with Gasteiger partial charge >= 0.3 is 0 Å². The van der Waals surface area contributed by atoms with E-state index in [-0.39, 0.29) is 18.2 Å². The van der Waals surface area contributed by atoms with E-state index in [2.05, 4.69) is 0 Å². The van der Waals surface area contributed by atoms with Crippen molar-refractivity contribution < 1.29 is 14.0 Å². The summed E-state index contributed by atoms with van der Waals surface area (Å²) in [6.45, 7) is 0. The van der Waals surface area contributed by atoms with E-state index in [1.807, 2.05) is 60.7 Å². The number of anilines is 1. The van der Waals surface area contributed by atoms with Crippen LogP contribution in [0.1, 0.15) is 17.5 Å². The van der Waals surface area contributed by atoms with Crippen molar-refractivity contribution in [2.75, 3.05) is 4.90 Å². The molecule has 1 aliphatic heterocycles. The molecule has 4 heteroatoms. The fraction of sp³-hybridized carbons (Fsp3) is 0.0909. The molecule has 128 valence electrons. The molecule has 3 aromatic carbocycles. The monoisotopic (exact) mass is 345 g/mol. The van der Waals surface area contributed by atoms with Crippen LogP contribution >= 0.6 is 0 Å². The lowest BCUT2D eigenvalue weighted by Gasteiger charge is -2.28. The molecule has 3 nitrogen and oxygen atoms in total. The summed E-state index contributed by atoms with van der Waals surface area (Å²) in [4.78, 5) is 27.5. The average Bonchev–Trinajstić information content (AvgIpc) is 2.95. The second-order valence-corrected chi connectivity index (χ2v) is 6.32. The summed E-state index contributed by atoms with van der Waals surface area (Å²) in [7, 11) is 0. The van der Waals surface area contributed by atoms with Gasteiger partial charge in [-0.25, -0.2) is 9.29 Å². The number of carbonyl (C=O) groups is 2. The third kappa shape index (κ3) is 2.42. The minimum Gasteiger partial charge on any atom is -0.274 e. The minimum atomic E-state index is -1.08. The van der Waals surface area contributed by atoms with Crippen LogP contribution in [0.5, 0.6) is 0 Å². The molecule has 1 heterocycles. The Hall–Kier alpha value is -3.27. The van der Waals surface area contributed by atoms with Crippen LogP contribution in [-0.4, -0.2) is 11.8 Å². The lowest BCUT2D eigenvalue weighted by Crippen LogP contribution is -2.39. The third-order valence-electron chi connectivity index (χ3n) is 4.85. The Bertz CT molecular complexity index is 913. The van der Waals surface area contributed by atoms with Crippen molar-refractivity contribution in [3.05, 3.63) is 102 Å². The molecule has 1 fully saturated rings. The summed E-state index contributed by atoms with van der Waals surface area (Å²) >= 11 is 0. The van der Waals surface area contributed by atoms with E-state index in [0.717, 1.165) is 11.1 Å². The van der Waals surface area contributed by atoms with E-state index in [0.29, 0.717) is 5.69 Å². The van der Waals surface area contributed by atoms with E-state index >= 15 is 0 Å². The topological polar surface area (TPSA) is 37.4 Å². The van der Waals surface area contributed by atoms with Crippen molar-refractivity contribution in [2.45, 2.75) is 11.8 Å². The van der Waals surface area contributed by atoms with Crippen molar-refractivity contribution in [2.24, 2.45) is 0 Å². The van der Waals surface area contributed by atoms with Gasteiger partial charge in [-0.1, -0.05) is 60.7 Å². The highest BCUT2D eigenvalue weighted by Crippen LogP contribution is 2.44. The van der Waals surface area contributed by atoms with Crippen molar-refractivity contribution in [3.63, 3.8) is 0 Å². The summed E-state index contributed by atoms with van der Waals surface area (Å²) in [5, 5.41) is 0. The summed E-state index contributed by atoms with van der Waals surface area (Å²) < 4.78 is 13.3. The molecule has 0 unspecified atom stereocenters. The number of halogens is 1. The Morgan fingerprint density at radius 2 is 1.23 bits per heavy atom. The second kappa shape index (κ2) is 6.23. The maximum Gasteiger partial charge on any atom is 0.249 e. The normalized spacial score (nSPS) is 16.1. The molecule has 0 N–H and O–H groups in total. The molecule has 2 amide bonds. The average molecular weight is 345 g/mol. The smallest absolute Gasteiger partial charge is 0.249 e. The lowest BCUT2D eigenvalue weighted by molar-refractivity contribution is -0.122. The maximum atomic E-state index is 13.5. The van der Waals surface area contributed by atoms with Gasteiger partial charge in [0.2, 0.25) is 11.8 Å². The molecule has 0 bridgehead atoms. The van der Waals surface area contributed by atoms with Crippen LogP contribution in [0.3, 0.4) is 0 Å². The number of amides is 2. The Kier molecular flexibility index (Phi) is 3.88. The highest BCUT2D eigenvalue weighted by molar-refractivity contribution is 6.26. The second-order valence-electron chi connectivity index (χ2n) is 6.32. The number of hydrogen-bond donors (Lipinski definition) is 0. The van der Waals surface area contributed by atoms with Gasteiger partial charge in [0, 0.05) is 0 Å². The lowest BCUT2D eigenvalue weighted by atomic mass is 9.73. The van der Waals surface area contributed by atoms with Crippen LogP contribution in [0.4, 0.5) is 10.1 Å². The van der Waals surface area contributed by atoms with Gasteiger partial charge in [0.25, 0.3) is 0 Å². The zero-order valence-corrected chi connectivity index (χ0v) is 13.9. The SMILES string of the molecule is O=C1CC(c2ccccc2)(c2ccccc2)C(=O)N1c1ccc(F)cc1. The molecular formula is C22H16FNO2. The van der Waals surface area contributed by atoms with Gasteiger partial charge in [-0.2, -0.15) is 0 Å². The molecule has 0 atom stereocenters. The standard InChI is InChI=1S/C22H16FNO2/c23-18-11-13-19(14-12-18)24-20(25)15-22(21(24)26,16-7-3-1-4-8-16)17-9-5-2-6-10-17/h1-14H,15H2. The van der Waals surface area contributed by atoms with Crippen molar-refractivity contribution in [1.29, 1.82) is 0 Å². The number of imide groups is 1. The van der Waals surface area contributed by atoms with Crippen LogP contribution in [0, 0.1) is 5.82 Å². The Morgan fingerprint density at radius 1 is 0.731 bits per heavy atom. The van der Waals surface area contributed by atoms with Crippen LogP contribution in [0.15, 0.2) is 84.9 Å². The first-order valence-corrected chi connectivity index (χ1v) is 8.37. The summed E-state index contributed by atoms with van der Waals surface area (Å²) in [6, 6.07) is 24.1. The summed E-state index contributed by atoms with van der Waals surface area (Å²) in [5.74, 6) is -1.02. The van der Waals surface area contributed by atoms with Crippen molar-refractivity contribution >= 4 is 17.5 Å². The molecule has 0 aromatic heterocycles. The highest BCUT2D eigenvalue weighted by atomic mass is 19.1. The molecular weight excluding hydrogens is 329 g/mol. The van der Waals surface area contributed by atoms with E-state index in [9.17, 15) is 14.0 Å². The van der Waals surface area contributed by atoms with Crippen molar-refractivity contribution in [3.8, 4) is 0 Å². The van der Waals surface area contributed by atoms with Gasteiger partial charge in [0.15, 0.2) is 0 Å². The predicted octanol–water partition coefficient (Wildman–Crippen LogP) is 4.08. The quantitative estimate of drug-likeness (QED) is 0.671. The first-order valence-electron chi connectivity index (χ1n) is 8.37. The fourth-order valence-electron chi connectivity index (χ4n) is 3.60. The van der Waals surface area contributed by atoms with E-state index in [1.54, 1.807) is 0 Å². The largest absolute Gasteiger partial charge is 0.274 e. The first-order chi connectivity index (χ1) is 12.6. The predicted molar refractivity (Wildman–Crippen MR) is 97.2 cm³/mol. The maximum absolute atomic E-state index is 13.5. The number of carbonyl (C=O) groups excluding carboxylic acids is 2. The van der Waals surface area contributed by atoms with E-state index in [4.69, 9.17) is 0 Å². The van der Waals surface area contributed by atoms with E-state index in [1.165, 1.54) is 29.2 Å². The number of rotatable bonds is 3. The number of hydrogen-bond acceptors (Lipinski definition) is 2. The molecule has 0 radical (unpaired) electrons. The molecule has 3 aromatic rings. The fourth-order valence-corrected chi connectivity index (χ4v) is 3.60. The zero-order valence-electron chi connectivity index (χ0n) is 13.9. The number of benzene rings is 3. The van der Waals surface area contributed by atoms with Gasteiger partial charge < -0.3 is 0 Å². The Morgan fingerprint density at radius 3 is 1.73 bits per heavy atom. The highest BCUT2D eigenvalue weighted by Gasteiger charge is 2.54. The van der Waals surface area contributed by atoms with Crippen LogP contribution in [0.2, 0.25) is 0 Å². The van der Waals surface area contributed by atoms with Crippen LogP contribution in [0.25, 0.3) is 0 Å². The summed E-state index contributed by atoms with van der Waals surface area (Å²) in [5.41, 5.74) is 0.854. The third-order valence-corrected chi connectivity index (χ3v) is 4.85. The van der Waals surface area contributed by atoms with Gasteiger partial charge in [-0.15, -0.1) is 0 Å².